The molecule has 2 N–H and O–H groups in total. The van der Waals surface area contributed by atoms with E-state index >= 15 is 0 Å². The van der Waals surface area contributed by atoms with E-state index in [-0.39, 0.29) is 5.91 Å². The average molecular weight is 180 g/mol. The minimum absolute atomic E-state index is 0.248. The lowest BCUT2D eigenvalue weighted by Gasteiger charge is -2.25. The van der Waals surface area contributed by atoms with Gasteiger partial charge in [0.1, 0.15) is 0 Å². The Bertz CT molecular complexity index is 240. The molecule has 3 aliphatic rings. The van der Waals surface area contributed by atoms with Gasteiger partial charge in [0.15, 0.2) is 0 Å². The second kappa shape index (κ2) is 2.27. The first-order valence-electron chi connectivity index (χ1n) is 5.32. The number of nitrogens with zero attached hydrogens (tertiary/aromatic N) is 1. The number of nitrogens with two attached hydrogens (primary N) is 1. The van der Waals surface area contributed by atoms with E-state index in [4.69, 9.17) is 5.73 Å². The van der Waals surface area contributed by atoms with E-state index in [0.717, 1.165) is 12.8 Å². The third kappa shape index (κ3) is 0.966. The smallest absolute Gasteiger partial charge is 0.243 e. The van der Waals surface area contributed by atoms with Crippen molar-refractivity contribution < 1.29 is 4.79 Å². The van der Waals surface area contributed by atoms with Crippen molar-refractivity contribution in [1.29, 1.82) is 0 Å². The fourth-order valence-electron chi connectivity index (χ4n) is 2.85. The number of carbonyl (C=O) groups is 1. The fourth-order valence-corrected chi connectivity index (χ4v) is 2.85. The van der Waals surface area contributed by atoms with E-state index in [1.54, 1.807) is 0 Å². The Hall–Kier alpha value is -0.570. The molecule has 3 rings (SSSR count). The summed E-state index contributed by atoms with van der Waals surface area (Å²) >= 11 is 0. The number of hydrogen-bond acceptors (Lipinski definition) is 2. The zero-order valence-corrected chi connectivity index (χ0v) is 7.83. The van der Waals surface area contributed by atoms with Crippen molar-refractivity contribution >= 4 is 5.91 Å². The summed E-state index contributed by atoms with van der Waals surface area (Å²) in [4.78, 5) is 14.1. The summed E-state index contributed by atoms with van der Waals surface area (Å²) in [6, 6.07) is 1.08. The van der Waals surface area contributed by atoms with Gasteiger partial charge < -0.3 is 10.6 Å². The maximum absolute atomic E-state index is 12.0. The zero-order valence-electron chi connectivity index (χ0n) is 7.83. The summed E-state index contributed by atoms with van der Waals surface area (Å²) < 4.78 is 0. The minimum Gasteiger partial charge on any atom is -0.335 e. The first-order valence-corrected chi connectivity index (χ1v) is 5.32. The van der Waals surface area contributed by atoms with E-state index in [1.165, 1.54) is 25.7 Å². The lowest BCUT2D eigenvalue weighted by atomic mass is 10.0. The van der Waals surface area contributed by atoms with Gasteiger partial charge in [-0.05, 0) is 38.5 Å². The van der Waals surface area contributed by atoms with Crippen molar-refractivity contribution in [2.45, 2.75) is 56.1 Å². The highest BCUT2D eigenvalue weighted by atomic mass is 16.2. The quantitative estimate of drug-likeness (QED) is 0.643. The maximum atomic E-state index is 12.0. The first-order chi connectivity index (χ1) is 6.21. The summed E-state index contributed by atoms with van der Waals surface area (Å²) in [7, 11) is 0. The van der Waals surface area contributed by atoms with Gasteiger partial charge in [0, 0.05) is 12.1 Å². The van der Waals surface area contributed by atoms with Crippen LogP contribution in [-0.2, 0) is 4.79 Å². The van der Waals surface area contributed by atoms with Crippen LogP contribution < -0.4 is 5.73 Å². The molecule has 0 aromatic heterocycles. The zero-order chi connectivity index (χ0) is 9.05. The molecule has 3 heteroatoms. The molecule has 1 amide bonds. The predicted octanol–water partition coefficient (Wildman–Crippen LogP) is 0.631. The highest BCUT2D eigenvalue weighted by molar-refractivity contribution is 5.90. The van der Waals surface area contributed by atoms with Gasteiger partial charge in [-0.1, -0.05) is 0 Å². The Morgan fingerprint density at radius 1 is 1.15 bits per heavy atom. The van der Waals surface area contributed by atoms with Gasteiger partial charge in [0.05, 0.1) is 5.54 Å². The van der Waals surface area contributed by atoms with Gasteiger partial charge in [-0.25, -0.2) is 0 Å². The van der Waals surface area contributed by atoms with E-state index in [0.29, 0.717) is 12.1 Å². The van der Waals surface area contributed by atoms with Crippen LogP contribution in [0.15, 0.2) is 0 Å². The Morgan fingerprint density at radius 2 is 1.62 bits per heavy atom. The molecule has 72 valence electrons. The number of rotatable bonds is 1. The molecule has 2 saturated heterocycles. The Kier molecular flexibility index (Phi) is 1.36. The summed E-state index contributed by atoms with van der Waals surface area (Å²) in [5.74, 6) is 0.248. The molecule has 2 bridgehead atoms. The van der Waals surface area contributed by atoms with Gasteiger partial charge in [0.25, 0.3) is 0 Å². The molecular formula is C10H16N2O. The standard InChI is InChI=1S/C10H16N2O/c11-10(5-6-10)9(13)12-7-1-2-8(12)4-3-7/h7-8H,1-6,11H2. The molecule has 0 spiro atoms. The molecule has 3 fully saturated rings. The van der Waals surface area contributed by atoms with Gasteiger partial charge in [0.2, 0.25) is 5.91 Å². The van der Waals surface area contributed by atoms with E-state index in [9.17, 15) is 4.79 Å². The van der Waals surface area contributed by atoms with Crippen molar-refractivity contribution in [3.05, 3.63) is 0 Å². The number of hydrogen-bond donors (Lipinski definition) is 1. The van der Waals surface area contributed by atoms with E-state index < -0.39 is 5.54 Å². The van der Waals surface area contributed by atoms with Gasteiger partial charge in [-0.3, -0.25) is 4.79 Å². The highest BCUT2D eigenvalue weighted by Crippen LogP contribution is 2.43. The van der Waals surface area contributed by atoms with E-state index in [2.05, 4.69) is 4.90 Å². The fraction of sp³-hybridized carbons (Fsp3) is 0.900. The lowest BCUT2D eigenvalue weighted by Crippen LogP contribution is -2.47. The van der Waals surface area contributed by atoms with Crippen LogP contribution in [0.3, 0.4) is 0 Å². The topological polar surface area (TPSA) is 46.3 Å². The molecule has 2 aliphatic heterocycles. The summed E-state index contributed by atoms with van der Waals surface area (Å²) in [5.41, 5.74) is 5.49. The van der Waals surface area contributed by atoms with Gasteiger partial charge in [-0.2, -0.15) is 0 Å². The van der Waals surface area contributed by atoms with Crippen molar-refractivity contribution in [1.82, 2.24) is 4.90 Å². The minimum atomic E-state index is -0.439. The molecular weight excluding hydrogens is 164 g/mol. The van der Waals surface area contributed by atoms with Gasteiger partial charge >= 0.3 is 0 Å². The number of carbonyl (C=O) groups excluding carboxylic acids is 1. The van der Waals surface area contributed by atoms with Gasteiger partial charge in [-0.15, -0.1) is 0 Å². The van der Waals surface area contributed by atoms with Crippen LogP contribution in [0.25, 0.3) is 0 Å². The molecule has 0 radical (unpaired) electrons. The van der Waals surface area contributed by atoms with E-state index in [1.807, 2.05) is 0 Å². The third-order valence-electron chi connectivity index (χ3n) is 3.90. The van der Waals surface area contributed by atoms with Crippen LogP contribution in [0.5, 0.6) is 0 Å². The number of amides is 1. The largest absolute Gasteiger partial charge is 0.335 e. The summed E-state index contributed by atoms with van der Waals surface area (Å²) in [6.45, 7) is 0. The maximum Gasteiger partial charge on any atom is 0.243 e. The normalized spacial score (nSPS) is 39.6. The SMILES string of the molecule is NC1(C(=O)N2C3CCC2CC3)CC1. The van der Waals surface area contributed by atoms with Crippen LogP contribution in [0.4, 0.5) is 0 Å². The number of fused-ring (bicyclic) bond motifs is 2. The molecule has 1 saturated carbocycles. The second-order valence-electron chi connectivity index (χ2n) is 4.83. The van der Waals surface area contributed by atoms with Crippen LogP contribution in [0.1, 0.15) is 38.5 Å². The lowest BCUT2D eigenvalue weighted by molar-refractivity contribution is -0.134. The third-order valence-corrected chi connectivity index (χ3v) is 3.90. The molecule has 2 heterocycles. The van der Waals surface area contributed by atoms with Crippen molar-refractivity contribution in [3.63, 3.8) is 0 Å². The van der Waals surface area contributed by atoms with Crippen LogP contribution in [0.2, 0.25) is 0 Å². The molecule has 0 aromatic carbocycles. The van der Waals surface area contributed by atoms with Crippen molar-refractivity contribution in [2.75, 3.05) is 0 Å². The summed E-state index contributed by atoms with van der Waals surface area (Å²) in [5, 5.41) is 0. The molecule has 0 aromatic rings. The highest BCUT2D eigenvalue weighted by Gasteiger charge is 2.53. The average Bonchev–Trinajstić information content (AvgIpc) is 2.63. The monoisotopic (exact) mass is 180 g/mol. The first kappa shape index (κ1) is 7.80. The Balaban J connectivity index is 1.82. The van der Waals surface area contributed by atoms with Crippen LogP contribution in [-0.4, -0.2) is 28.4 Å². The van der Waals surface area contributed by atoms with Crippen molar-refractivity contribution in [3.8, 4) is 0 Å². The molecule has 0 atom stereocenters. The Labute approximate surface area is 78.3 Å². The van der Waals surface area contributed by atoms with Crippen LogP contribution in [0, 0.1) is 0 Å². The van der Waals surface area contributed by atoms with Crippen molar-refractivity contribution in [2.24, 2.45) is 5.73 Å². The summed E-state index contributed by atoms with van der Waals surface area (Å²) in [6.07, 6.45) is 6.67. The second-order valence-corrected chi connectivity index (χ2v) is 4.83. The molecule has 13 heavy (non-hydrogen) atoms. The molecule has 1 aliphatic carbocycles. The molecule has 3 nitrogen and oxygen atoms in total. The van der Waals surface area contributed by atoms with Crippen LogP contribution >= 0.6 is 0 Å². The Morgan fingerprint density at radius 3 is 2.00 bits per heavy atom. The molecule has 0 unspecified atom stereocenters. The predicted molar refractivity (Wildman–Crippen MR) is 49.0 cm³/mol.